The van der Waals surface area contributed by atoms with E-state index < -0.39 is 23.6 Å². The summed E-state index contributed by atoms with van der Waals surface area (Å²) in [6, 6.07) is 6.26. The number of carbonyl (C=O) groups excluding carboxylic acids is 2. The lowest BCUT2D eigenvalue weighted by Crippen LogP contribution is -2.50. The molecule has 1 saturated heterocycles. The number of carbonyl (C=O) groups is 2. The number of primary amides is 1. The van der Waals surface area contributed by atoms with Gasteiger partial charge in [-0.25, -0.2) is 18.6 Å². The predicted molar refractivity (Wildman–Crippen MR) is 102 cm³/mol. The number of urea groups is 1. The fourth-order valence-electron chi connectivity index (χ4n) is 3.30. The normalized spacial score (nSPS) is 14.3. The summed E-state index contributed by atoms with van der Waals surface area (Å²) in [7, 11) is 0. The number of halogens is 2. The Kier molecular flexibility index (Phi) is 4.75. The maximum absolute atomic E-state index is 14.0. The summed E-state index contributed by atoms with van der Waals surface area (Å²) in [6.07, 6.45) is 1.50. The largest absolute Gasteiger partial charge is 0.430 e. The molecule has 3 heterocycles. The van der Waals surface area contributed by atoms with E-state index >= 15 is 0 Å². The van der Waals surface area contributed by atoms with Crippen LogP contribution in [0.3, 0.4) is 0 Å². The number of nitrogens with two attached hydrogens (primary N) is 1. The van der Waals surface area contributed by atoms with Crippen molar-refractivity contribution in [2.45, 2.75) is 0 Å². The molecule has 3 amide bonds. The Morgan fingerprint density at radius 2 is 1.90 bits per heavy atom. The maximum Gasteiger partial charge on any atom is 0.322 e. The van der Waals surface area contributed by atoms with Crippen LogP contribution in [0.2, 0.25) is 0 Å². The van der Waals surface area contributed by atoms with Crippen molar-refractivity contribution in [1.29, 1.82) is 0 Å². The number of aromatic nitrogens is 1. The van der Waals surface area contributed by atoms with Crippen LogP contribution in [0.4, 0.5) is 25.0 Å². The quantitative estimate of drug-likeness (QED) is 0.702. The van der Waals surface area contributed by atoms with Gasteiger partial charge in [0.15, 0.2) is 0 Å². The lowest BCUT2D eigenvalue weighted by molar-refractivity contribution is 0.0977. The summed E-state index contributed by atoms with van der Waals surface area (Å²) in [5.74, 6) is -2.29. The first-order chi connectivity index (χ1) is 13.9. The van der Waals surface area contributed by atoms with E-state index in [0.29, 0.717) is 31.6 Å². The van der Waals surface area contributed by atoms with Crippen LogP contribution < -0.4 is 16.0 Å². The van der Waals surface area contributed by atoms with Crippen LogP contribution in [-0.4, -0.2) is 48.0 Å². The standard InChI is InChI=1S/C19H17F2N5O3/c20-11-3-4-14(13(21)10-11)25-6-8-26(9-7-25)19(28)24-15-12-2-1-5-23-18(12)29-16(15)17(22)27/h1-5,10H,6-9H2,(H2,22,27)(H,24,28). The molecule has 0 bridgehead atoms. The molecule has 0 spiro atoms. The number of anilines is 2. The number of benzene rings is 1. The van der Waals surface area contributed by atoms with Gasteiger partial charge in [0.25, 0.3) is 5.91 Å². The minimum absolute atomic E-state index is 0.164. The topological polar surface area (TPSA) is 105 Å². The van der Waals surface area contributed by atoms with Crippen LogP contribution in [0, 0.1) is 11.6 Å². The lowest BCUT2D eigenvalue weighted by Gasteiger charge is -2.36. The molecule has 1 fully saturated rings. The first kappa shape index (κ1) is 18.7. The number of pyridine rings is 1. The van der Waals surface area contributed by atoms with Crippen LogP contribution >= 0.6 is 0 Å². The second kappa shape index (κ2) is 7.38. The molecule has 1 aromatic carbocycles. The van der Waals surface area contributed by atoms with Crippen molar-refractivity contribution >= 4 is 34.4 Å². The molecule has 29 heavy (non-hydrogen) atoms. The van der Waals surface area contributed by atoms with Crippen molar-refractivity contribution < 1.29 is 22.8 Å². The second-order valence-electron chi connectivity index (χ2n) is 6.53. The van der Waals surface area contributed by atoms with Gasteiger partial charge in [0.1, 0.15) is 17.3 Å². The van der Waals surface area contributed by atoms with Gasteiger partial charge in [0.2, 0.25) is 11.5 Å². The van der Waals surface area contributed by atoms with Crippen LogP contribution in [0.1, 0.15) is 10.6 Å². The Morgan fingerprint density at radius 1 is 1.14 bits per heavy atom. The summed E-state index contributed by atoms with van der Waals surface area (Å²) < 4.78 is 32.4. The number of rotatable bonds is 3. The molecule has 4 rings (SSSR count). The Bertz CT molecular complexity index is 1090. The average Bonchev–Trinajstić information content (AvgIpc) is 3.07. The third-order valence-corrected chi connectivity index (χ3v) is 4.74. The van der Waals surface area contributed by atoms with Gasteiger partial charge in [0.05, 0.1) is 11.1 Å². The number of fused-ring (bicyclic) bond motifs is 1. The number of hydrogen-bond donors (Lipinski definition) is 2. The highest BCUT2D eigenvalue weighted by atomic mass is 19.1. The Morgan fingerprint density at radius 3 is 2.59 bits per heavy atom. The fourth-order valence-corrected chi connectivity index (χ4v) is 3.30. The molecule has 1 aliphatic heterocycles. The number of nitrogens with zero attached hydrogens (tertiary/aromatic N) is 3. The third kappa shape index (κ3) is 3.56. The van der Waals surface area contributed by atoms with E-state index in [2.05, 4.69) is 10.3 Å². The summed E-state index contributed by atoms with van der Waals surface area (Å²) in [5.41, 5.74) is 5.98. The fraction of sp³-hybridized carbons (Fsp3) is 0.211. The molecular formula is C19H17F2N5O3. The van der Waals surface area contributed by atoms with Gasteiger partial charge >= 0.3 is 6.03 Å². The van der Waals surface area contributed by atoms with E-state index in [1.54, 1.807) is 17.0 Å². The van der Waals surface area contributed by atoms with Gasteiger partial charge in [-0.1, -0.05) is 0 Å². The second-order valence-corrected chi connectivity index (χ2v) is 6.53. The predicted octanol–water partition coefficient (Wildman–Crippen LogP) is 2.56. The van der Waals surface area contributed by atoms with E-state index in [-0.39, 0.29) is 22.8 Å². The molecule has 0 aliphatic carbocycles. The molecule has 0 saturated carbocycles. The Hall–Kier alpha value is -3.69. The number of amides is 3. The monoisotopic (exact) mass is 401 g/mol. The van der Waals surface area contributed by atoms with Gasteiger partial charge in [-0.05, 0) is 24.3 Å². The van der Waals surface area contributed by atoms with Gasteiger partial charge in [-0.2, -0.15) is 0 Å². The minimum Gasteiger partial charge on any atom is -0.430 e. The first-order valence-electron chi connectivity index (χ1n) is 8.87. The zero-order chi connectivity index (χ0) is 20.5. The summed E-state index contributed by atoms with van der Waals surface area (Å²) in [4.78, 5) is 31.6. The Labute approximate surface area is 163 Å². The molecule has 0 radical (unpaired) electrons. The highest BCUT2D eigenvalue weighted by Crippen LogP contribution is 2.29. The van der Waals surface area contributed by atoms with Gasteiger partial charge in [-0.3, -0.25) is 4.79 Å². The molecule has 1 aliphatic rings. The third-order valence-electron chi connectivity index (χ3n) is 4.74. The zero-order valence-corrected chi connectivity index (χ0v) is 15.2. The van der Waals surface area contributed by atoms with E-state index in [1.165, 1.54) is 23.2 Å². The summed E-state index contributed by atoms with van der Waals surface area (Å²) >= 11 is 0. The highest BCUT2D eigenvalue weighted by molar-refractivity contribution is 6.09. The van der Waals surface area contributed by atoms with Gasteiger partial charge in [0, 0.05) is 38.4 Å². The van der Waals surface area contributed by atoms with Crippen LogP contribution in [-0.2, 0) is 0 Å². The SMILES string of the molecule is NC(=O)c1oc2ncccc2c1NC(=O)N1CCN(c2ccc(F)cc2F)CC1. The first-order valence-corrected chi connectivity index (χ1v) is 8.87. The summed E-state index contributed by atoms with van der Waals surface area (Å²) in [5, 5.41) is 3.13. The van der Waals surface area contributed by atoms with Gasteiger partial charge < -0.3 is 25.3 Å². The molecule has 3 N–H and O–H groups in total. The molecule has 8 nitrogen and oxygen atoms in total. The Balaban J connectivity index is 1.48. The zero-order valence-electron chi connectivity index (χ0n) is 15.2. The van der Waals surface area contributed by atoms with Gasteiger partial charge in [-0.15, -0.1) is 0 Å². The van der Waals surface area contributed by atoms with Crippen molar-refractivity contribution in [1.82, 2.24) is 9.88 Å². The molecule has 150 valence electrons. The molecule has 10 heteroatoms. The number of furan rings is 1. The number of piperazine rings is 1. The smallest absolute Gasteiger partial charge is 0.322 e. The van der Waals surface area contributed by atoms with E-state index in [4.69, 9.17) is 10.2 Å². The highest BCUT2D eigenvalue weighted by Gasteiger charge is 2.26. The van der Waals surface area contributed by atoms with Crippen molar-refractivity contribution in [2.24, 2.45) is 5.73 Å². The van der Waals surface area contributed by atoms with Crippen molar-refractivity contribution in [3.63, 3.8) is 0 Å². The number of hydrogen-bond acceptors (Lipinski definition) is 5. The lowest BCUT2D eigenvalue weighted by atomic mass is 10.2. The average molecular weight is 401 g/mol. The number of nitrogens with one attached hydrogen (secondary N) is 1. The van der Waals surface area contributed by atoms with E-state index in [0.717, 1.165) is 6.07 Å². The minimum atomic E-state index is -0.824. The van der Waals surface area contributed by atoms with Crippen molar-refractivity contribution in [3.8, 4) is 0 Å². The van der Waals surface area contributed by atoms with Crippen molar-refractivity contribution in [2.75, 3.05) is 36.4 Å². The van der Waals surface area contributed by atoms with E-state index in [1.807, 2.05) is 0 Å². The van der Waals surface area contributed by atoms with Crippen LogP contribution in [0.15, 0.2) is 40.9 Å². The van der Waals surface area contributed by atoms with Crippen LogP contribution in [0.25, 0.3) is 11.1 Å². The van der Waals surface area contributed by atoms with Crippen molar-refractivity contribution in [3.05, 3.63) is 53.9 Å². The molecule has 0 unspecified atom stereocenters. The molecule has 3 aromatic rings. The van der Waals surface area contributed by atoms with Crippen LogP contribution in [0.5, 0.6) is 0 Å². The molecule has 2 aromatic heterocycles. The summed E-state index contributed by atoms with van der Waals surface area (Å²) in [6.45, 7) is 1.35. The molecular weight excluding hydrogens is 384 g/mol. The molecule has 0 atom stereocenters. The maximum atomic E-state index is 14.0. The van der Waals surface area contributed by atoms with E-state index in [9.17, 15) is 18.4 Å².